The van der Waals surface area contributed by atoms with Gasteiger partial charge < -0.3 is 10.2 Å². The van der Waals surface area contributed by atoms with Gasteiger partial charge in [-0.15, -0.1) is 0 Å². The minimum atomic E-state index is -4.37. The molecule has 4 aromatic carbocycles. The van der Waals surface area contributed by atoms with Crippen LogP contribution in [0.15, 0.2) is 119 Å². The number of sulfonamides is 1. The van der Waals surface area contributed by atoms with E-state index in [9.17, 15) is 28.1 Å². The molecule has 0 aliphatic carbocycles. The number of rotatable bonds is 14. The first-order chi connectivity index (χ1) is 22.0. The molecule has 0 heterocycles. The van der Waals surface area contributed by atoms with Gasteiger partial charge >= 0.3 is 0 Å². The second kappa shape index (κ2) is 15.6. The van der Waals surface area contributed by atoms with Crippen molar-refractivity contribution in [3.63, 3.8) is 0 Å². The Morgan fingerprint density at radius 3 is 2.11 bits per heavy atom. The second-order valence-corrected chi connectivity index (χ2v) is 13.9. The average Bonchev–Trinajstić information content (AvgIpc) is 3.05. The van der Waals surface area contributed by atoms with E-state index in [1.807, 2.05) is 68.4 Å². The highest BCUT2D eigenvalue weighted by Crippen LogP contribution is 2.28. The number of carbonyl (C=O) groups excluding carboxylic acids is 2. The Hall–Kier alpha value is -4.55. The number of benzene rings is 4. The van der Waals surface area contributed by atoms with Crippen molar-refractivity contribution in [1.82, 2.24) is 10.2 Å². The van der Waals surface area contributed by atoms with Gasteiger partial charge in [0.15, 0.2) is 0 Å². The Morgan fingerprint density at radius 1 is 0.870 bits per heavy atom. The summed E-state index contributed by atoms with van der Waals surface area (Å²) in [7, 11) is -4.37. The molecule has 0 radical (unpaired) electrons. The number of anilines is 1. The van der Waals surface area contributed by atoms with Gasteiger partial charge in [-0.2, -0.15) is 0 Å². The van der Waals surface area contributed by atoms with Gasteiger partial charge in [-0.3, -0.25) is 24.0 Å². The van der Waals surface area contributed by atoms with Crippen molar-refractivity contribution in [3.8, 4) is 0 Å². The first-order valence-corrected chi connectivity index (χ1v) is 16.9. The van der Waals surface area contributed by atoms with E-state index in [2.05, 4.69) is 21.2 Å². The van der Waals surface area contributed by atoms with Gasteiger partial charge in [0.2, 0.25) is 11.8 Å². The molecule has 0 aliphatic rings. The number of hydrogen-bond acceptors (Lipinski definition) is 6. The highest BCUT2D eigenvalue weighted by Gasteiger charge is 2.35. The molecule has 4 aromatic rings. The van der Waals surface area contributed by atoms with Crippen LogP contribution in [0.25, 0.3) is 0 Å². The Bertz CT molecular complexity index is 1750. The summed E-state index contributed by atoms with van der Waals surface area (Å²) in [6.07, 6.45) is 0.176. The fourth-order valence-corrected chi connectivity index (χ4v) is 6.46. The van der Waals surface area contributed by atoms with Crippen molar-refractivity contribution < 1.29 is 22.9 Å². The summed E-state index contributed by atoms with van der Waals surface area (Å²) in [5, 5.41) is 14.6. The summed E-state index contributed by atoms with van der Waals surface area (Å²) < 4.78 is 29.8. The third-order valence-corrected chi connectivity index (χ3v) is 9.48. The van der Waals surface area contributed by atoms with Crippen LogP contribution in [-0.2, 0) is 32.6 Å². The first-order valence-electron chi connectivity index (χ1n) is 14.6. The first kappa shape index (κ1) is 34.3. The zero-order valence-corrected chi connectivity index (χ0v) is 27.9. The number of halogens is 1. The average molecular weight is 708 g/mol. The van der Waals surface area contributed by atoms with Crippen molar-refractivity contribution in [2.24, 2.45) is 5.92 Å². The van der Waals surface area contributed by atoms with E-state index < -0.39 is 33.4 Å². The van der Waals surface area contributed by atoms with Crippen LogP contribution >= 0.6 is 15.9 Å². The molecule has 0 saturated carbocycles. The van der Waals surface area contributed by atoms with Crippen molar-refractivity contribution in [3.05, 3.63) is 135 Å². The van der Waals surface area contributed by atoms with E-state index >= 15 is 0 Å². The number of hydrogen-bond donors (Lipinski definition) is 1. The summed E-state index contributed by atoms with van der Waals surface area (Å²) in [5.74, 6) is -0.886. The van der Waals surface area contributed by atoms with Gasteiger partial charge in [-0.05, 0) is 47.4 Å². The van der Waals surface area contributed by atoms with Crippen LogP contribution in [0.2, 0.25) is 0 Å². The molecule has 4 rings (SSSR count). The maximum Gasteiger partial charge on any atom is 0.271 e. The number of nitrogens with zero attached hydrogens (tertiary/aromatic N) is 3. The lowest BCUT2D eigenvalue weighted by Gasteiger charge is -2.34. The van der Waals surface area contributed by atoms with Gasteiger partial charge in [0, 0.05) is 36.1 Å². The van der Waals surface area contributed by atoms with Crippen molar-refractivity contribution >= 4 is 49.1 Å². The number of non-ortho nitro benzene ring substituents is 1. The van der Waals surface area contributed by atoms with Gasteiger partial charge in [0.25, 0.3) is 15.7 Å². The minimum Gasteiger partial charge on any atom is -0.354 e. The molecule has 2 amide bonds. The molecular weight excluding hydrogens is 672 g/mol. The topological polar surface area (TPSA) is 130 Å². The lowest BCUT2D eigenvalue weighted by Crippen LogP contribution is -2.53. The van der Waals surface area contributed by atoms with Gasteiger partial charge in [-0.1, -0.05) is 96.5 Å². The Kier molecular flexibility index (Phi) is 11.7. The fraction of sp³-hybridized carbons (Fsp3) is 0.235. The van der Waals surface area contributed by atoms with Crippen LogP contribution in [0.5, 0.6) is 0 Å². The third kappa shape index (κ3) is 9.01. The van der Waals surface area contributed by atoms with Crippen LogP contribution in [-0.4, -0.2) is 49.2 Å². The molecule has 0 aromatic heterocycles. The SMILES string of the molecule is CC(C)CNC(=O)C(Cc1ccccc1)N(Cc1ccc(Br)cc1)C(=O)CN(c1cccc([N+](=O)[O-])c1)S(=O)(=O)c1ccccc1. The van der Waals surface area contributed by atoms with Crippen LogP contribution in [0.3, 0.4) is 0 Å². The fourth-order valence-electron chi connectivity index (χ4n) is 4.77. The maximum atomic E-state index is 14.5. The van der Waals surface area contributed by atoms with Crippen LogP contribution in [0, 0.1) is 16.0 Å². The maximum absolute atomic E-state index is 14.5. The molecule has 10 nitrogen and oxygen atoms in total. The number of amides is 2. The summed E-state index contributed by atoms with van der Waals surface area (Å²) >= 11 is 3.42. The molecule has 12 heteroatoms. The third-order valence-electron chi connectivity index (χ3n) is 7.16. The number of nitro benzene ring substituents is 1. The highest BCUT2D eigenvalue weighted by atomic mass is 79.9. The minimum absolute atomic E-state index is 0.00682. The number of carbonyl (C=O) groups is 2. The van der Waals surface area contributed by atoms with Crippen molar-refractivity contribution in [2.75, 3.05) is 17.4 Å². The summed E-state index contributed by atoms with van der Waals surface area (Å²) in [4.78, 5) is 40.6. The molecule has 1 N–H and O–H groups in total. The summed E-state index contributed by atoms with van der Waals surface area (Å²) in [6.45, 7) is 3.60. The molecular formula is C34H35BrN4O6S. The van der Waals surface area contributed by atoms with Gasteiger partial charge in [0.05, 0.1) is 15.5 Å². The lowest BCUT2D eigenvalue weighted by molar-refractivity contribution is -0.384. The summed E-state index contributed by atoms with van der Waals surface area (Å²) in [5.41, 5.74) is 1.14. The standard InChI is InChI=1S/C34H35BrN4O6S/c1-25(2)22-36-34(41)32(20-26-10-5-3-6-11-26)37(23-27-16-18-28(35)19-17-27)33(40)24-38(29-12-9-13-30(21-29)39(42)43)46(44,45)31-14-7-4-8-15-31/h3-19,21,25,32H,20,22-24H2,1-2H3,(H,36,41). The number of nitro groups is 1. The van der Waals surface area contributed by atoms with Crippen LogP contribution in [0.4, 0.5) is 11.4 Å². The normalized spacial score (nSPS) is 11.9. The predicted molar refractivity (Wildman–Crippen MR) is 181 cm³/mol. The molecule has 1 unspecified atom stereocenters. The van der Waals surface area contributed by atoms with Gasteiger partial charge in [0.1, 0.15) is 12.6 Å². The Morgan fingerprint density at radius 2 is 1.50 bits per heavy atom. The van der Waals surface area contributed by atoms with Crippen LogP contribution in [0.1, 0.15) is 25.0 Å². The monoisotopic (exact) mass is 706 g/mol. The summed E-state index contributed by atoms with van der Waals surface area (Å²) in [6, 6.07) is 28.2. The quantitative estimate of drug-likeness (QED) is 0.127. The Labute approximate surface area is 277 Å². The van der Waals surface area contributed by atoms with E-state index in [0.717, 1.165) is 26.0 Å². The zero-order chi connectivity index (χ0) is 33.3. The van der Waals surface area contributed by atoms with E-state index in [4.69, 9.17) is 0 Å². The molecule has 0 aliphatic heterocycles. The van der Waals surface area contributed by atoms with Crippen molar-refractivity contribution in [1.29, 1.82) is 0 Å². The number of nitrogens with one attached hydrogen (secondary N) is 1. The van der Waals surface area contributed by atoms with E-state index in [1.165, 1.54) is 35.2 Å². The lowest BCUT2D eigenvalue weighted by atomic mass is 10.0. The molecule has 0 spiro atoms. The largest absolute Gasteiger partial charge is 0.354 e. The van der Waals surface area contributed by atoms with E-state index in [0.29, 0.717) is 6.54 Å². The molecule has 0 saturated heterocycles. The molecule has 46 heavy (non-hydrogen) atoms. The molecule has 240 valence electrons. The van der Waals surface area contributed by atoms with Crippen LogP contribution < -0.4 is 9.62 Å². The van der Waals surface area contributed by atoms with Gasteiger partial charge in [-0.25, -0.2) is 8.42 Å². The smallest absolute Gasteiger partial charge is 0.271 e. The zero-order valence-electron chi connectivity index (χ0n) is 25.5. The molecule has 0 bridgehead atoms. The molecule has 0 fully saturated rings. The van der Waals surface area contributed by atoms with E-state index in [1.54, 1.807) is 18.2 Å². The Balaban J connectivity index is 1.82. The molecule has 1 atom stereocenters. The van der Waals surface area contributed by atoms with E-state index in [-0.39, 0.29) is 41.1 Å². The van der Waals surface area contributed by atoms with Crippen molar-refractivity contribution in [2.45, 2.75) is 37.8 Å². The predicted octanol–water partition coefficient (Wildman–Crippen LogP) is 5.96. The second-order valence-electron chi connectivity index (χ2n) is 11.1. The highest BCUT2D eigenvalue weighted by molar-refractivity contribution is 9.10.